The zero-order valence-electron chi connectivity index (χ0n) is 15.4. The lowest BCUT2D eigenvalue weighted by Crippen LogP contribution is -2.67. The van der Waals surface area contributed by atoms with Crippen LogP contribution in [0.2, 0.25) is 0 Å². The summed E-state index contributed by atoms with van der Waals surface area (Å²) < 4.78 is 6.20. The fourth-order valence-electron chi connectivity index (χ4n) is 3.86. The van der Waals surface area contributed by atoms with Crippen molar-refractivity contribution in [2.24, 2.45) is 0 Å². The van der Waals surface area contributed by atoms with E-state index in [0.29, 0.717) is 23.3 Å². The molecule has 2 aromatic rings. The second kappa shape index (κ2) is 7.58. The lowest BCUT2D eigenvalue weighted by Gasteiger charge is -2.51. The molecule has 2 heterocycles. The molecule has 0 atom stereocenters. The average molecular weight is 378 g/mol. The zero-order chi connectivity index (χ0) is 19.6. The summed E-state index contributed by atoms with van der Waals surface area (Å²) in [6, 6.07) is 15.7. The van der Waals surface area contributed by atoms with E-state index in [1.807, 2.05) is 18.2 Å². The van der Waals surface area contributed by atoms with Crippen molar-refractivity contribution in [2.75, 3.05) is 19.6 Å². The zero-order valence-corrected chi connectivity index (χ0v) is 15.4. The van der Waals surface area contributed by atoms with E-state index in [1.165, 1.54) is 23.2 Å². The second-order valence-corrected chi connectivity index (χ2v) is 7.40. The van der Waals surface area contributed by atoms with Gasteiger partial charge in [-0.15, -0.1) is 0 Å². The Hall–Kier alpha value is -2.96. The van der Waals surface area contributed by atoms with Crippen molar-refractivity contribution < 1.29 is 19.5 Å². The lowest BCUT2D eigenvalue weighted by atomic mass is 9.83. The number of benzene rings is 2. The van der Waals surface area contributed by atoms with Gasteiger partial charge in [0.05, 0.1) is 12.0 Å². The van der Waals surface area contributed by atoms with Crippen molar-refractivity contribution in [3.63, 3.8) is 0 Å². The third kappa shape index (κ3) is 3.83. The summed E-state index contributed by atoms with van der Waals surface area (Å²) in [5.74, 6) is 0.0397. The van der Waals surface area contributed by atoms with E-state index in [-0.39, 0.29) is 5.78 Å². The summed E-state index contributed by atoms with van der Waals surface area (Å²) in [5, 5.41) is 8.53. The van der Waals surface area contributed by atoms with Crippen LogP contribution >= 0.6 is 0 Å². The van der Waals surface area contributed by atoms with E-state index in [2.05, 4.69) is 17.0 Å². The Kier molecular flexibility index (Phi) is 4.98. The highest BCUT2D eigenvalue weighted by atomic mass is 16.5. The van der Waals surface area contributed by atoms with E-state index in [0.717, 1.165) is 26.1 Å². The third-order valence-corrected chi connectivity index (χ3v) is 5.23. The first-order chi connectivity index (χ1) is 13.6. The van der Waals surface area contributed by atoms with Gasteiger partial charge >= 0.3 is 0 Å². The van der Waals surface area contributed by atoms with Gasteiger partial charge in [0.2, 0.25) is 0 Å². The Morgan fingerprint density at radius 3 is 2.75 bits per heavy atom. The smallest absolute Gasteiger partial charge is 0.267 e. The summed E-state index contributed by atoms with van der Waals surface area (Å²) in [4.78, 5) is 26.1. The number of nitrogens with one attached hydrogen (secondary N) is 1. The molecule has 1 saturated heterocycles. The first kappa shape index (κ1) is 18.4. The molecule has 2 aliphatic rings. The molecule has 6 nitrogen and oxygen atoms in total. The number of likely N-dealkylation sites (tertiary alicyclic amines) is 1. The fourth-order valence-corrected chi connectivity index (χ4v) is 3.86. The van der Waals surface area contributed by atoms with E-state index in [4.69, 9.17) is 9.94 Å². The van der Waals surface area contributed by atoms with Crippen molar-refractivity contribution in [3.8, 4) is 5.75 Å². The predicted molar refractivity (Wildman–Crippen MR) is 104 cm³/mol. The molecule has 2 N–H and O–H groups in total. The van der Waals surface area contributed by atoms with Crippen LogP contribution in [0.5, 0.6) is 5.75 Å². The van der Waals surface area contributed by atoms with Crippen LogP contribution in [0.15, 0.2) is 54.6 Å². The van der Waals surface area contributed by atoms with Gasteiger partial charge in [0.25, 0.3) is 5.91 Å². The van der Waals surface area contributed by atoms with E-state index >= 15 is 0 Å². The number of rotatable bonds is 5. The Morgan fingerprint density at radius 2 is 2.00 bits per heavy atom. The number of ketones is 1. The van der Waals surface area contributed by atoms with Crippen LogP contribution in [0, 0.1) is 0 Å². The van der Waals surface area contributed by atoms with Gasteiger partial charge in [-0.2, -0.15) is 0 Å². The molecular formula is C22H22N2O4. The minimum absolute atomic E-state index is 0.0609. The van der Waals surface area contributed by atoms with Gasteiger partial charge in [0, 0.05) is 25.7 Å². The third-order valence-electron chi connectivity index (χ3n) is 5.23. The van der Waals surface area contributed by atoms with Crippen molar-refractivity contribution in [1.29, 1.82) is 0 Å². The molecule has 0 radical (unpaired) electrons. The average Bonchev–Trinajstić information content (AvgIpc) is 2.69. The number of fused-ring (bicyclic) bond motifs is 1. The number of ether oxygens (including phenoxy) is 1. The normalized spacial score (nSPS) is 17.8. The molecule has 4 rings (SSSR count). The number of carbonyl (C=O) groups is 2. The number of hydroxylamine groups is 1. The maximum absolute atomic E-state index is 12.7. The molecule has 1 fully saturated rings. The van der Waals surface area contributed by atoms with E-state index in [9.17, 15) is 9.59 Å². The van der Waals surface area contributed by atoms with Crippen LogP contribution in [-0.4, -0.2) is 47.0 Å². The molecule has 6 heteroatoms. The molecule has 0 saturated carbocycles. The first-order valence-electron chi connectivity index (χ1n) is 9.32. The molecule has 1 spiro atoms. The monoisotopic (exact) mass is 378 g/mol. The number of carbonyl (C=O) groups excluding carboxylic acids is 2. The number of hydrogen-bond donors (Lipinski definition) is 2. The van der Waals surface area contributed by atoms with Gasteiger partial charge in [0.15, 0.2) is 5.78 Å². The van der Waals surface area contributed by atoms with Crippen molar-refractivity contribution >= 4 is 17.8 Å². The molecule has 2 aromatic carbocycles. The molecule has 144 valence electrons. The summed E-state index contributed by atoms with van der Waals surface area (Å²) in [6.07, 6.45) is 4.09. The number of amides is 1. The van der Waals surface area contributed by atoms with Gasteiger partial charge in [-0.3, -0.25) is 19.7 Å². The standard InChI is InChI=1S/C22H22N2O4/c25-19-13-22(14-24(15-22)11-10-16-4-2-1-3-5-16)28-20-8-6-17(12-18(19)20)7-9-21(26)23-27/h1-9,12,27H,10-11,13-15H2,(H,23,26). The van der Waals surface area contributed by atoms with E-state index in [1.54, 1.807) is 18.2 Å². The summed E-state index contributed by atoms with van der Waals surface area (Å²) in [5.41, 5.74) is 3.67. The SMILES string of the molecule is O=C(C=Cc1ccc2c(c1)C(=O)CC1(CN(CCc3ccccc3)C1)O2)NO. The van der Waals surface area contributed by atoms with Crippen LogP contribution in [0.4, 0.5) is 0 Å². The number of hydrogen-bond acceptors (Lipinski definition) is 5. The fraction of sp³-hybridized carbons (Fsp3) is 0.273. The Balaban J connectivity index is 1.38. The highest BCUT2D eigenvalue weighted by Gasteiger charge is 2.49. The van der Waals surface area contributed by atoms with Gasteiger partial charge in [-0.1, -0.05) is 36.4 Å². The Bertz CT molecular complexity index is 917. The van der Waals surface area contributed by atoms with Gasteiger partial charge in [-0.25, -0.2) is 5.48 Å². The molecule has 2 aliphatic heterocycles. The highest BCUT2D eigenvalue weighted by Crippen LogP contribution is 2.39. The topological polar surface area (TPSA) is 78.9 Å². The highest BCUT2D eigenvalue weighted by molar-refractivity contribution is 6.01. The van der Waals surface area contributed by atoms with Crippen molar-refractivity contribution in [3.05, 3.63) is 71.3 Å². The van der Waals surface area contributed by atoms with Gasteiger partial charge < -0.3 is 4.74 Å². The maximum Gasteiger partial charge on any atom is 0.267 e. The second-order valence-electron chi connectivity index (χ2n) is 7.40. The summed E-state index contributed by atoms with van der Waals surface area (Å²) >= 11 is 0. The van der Waals surface area contributed by atoms with Crippen LogP contribution in [0.25, 0.3) is 6.08 Å². The molecular weight excluding hydrogens is 356 g/mol. The van der Waals surface area contributed by atoms with Crippen LogP contribution in [0.1, 0.15) is 27.9 Å². The summed E-state index contributed by atoms with van der Waals surface area (Å²) in [6.45, 7) is 2.46. The van der Waals surface area contributed by atoms with Gasteiger partial charge in [-0.05, 0) is 35.8 Å². The van der Waals surface area contributed by atoms with Crippen molar-refractivity contribution in [1.82, 2.24) is 10.4 Å². The molecule has 0 unspecified atom stereocenters. The van der Waals surface area contributed by atoms with Crippen LogP contribution in [0.3, 0.4) is 0 Å². The molecule has 0 bridgehead atoms. The molecule has 0 aromatic heterocycles. The number of nitrogens with zero attached hydrogens (tertiary/aromatic N) is 1. The largest absolute Gasteiger partial charge is 0.483 e. The van der Waals surface area contributed by atoms with E-state index < -0.39 is 11.5 Å². The van der Waals surface area contributed by atoms with Gasteiger partial charge in [0.1, 0.15) is 11.4 Å². The lowest BCUT2D eigenvalue weighted by molar-refractivity contribution is -0.124. The minimum Gasteiger partial charge on any atom is -0.483 e. The Labute approximate surface area is 163 Å². The predicted octanol–water partition coefficient (Wildman–Crippen LogP) is 2.47. The van der Waals surface area contributed by atoms with Crippen LogP contribution in [-0.2, 0) is 11.2 Å². The molecule has 0 aliphatic carbocycles. The molecule has 28 heavy (non-hydrogen) atoms. The Morgan fingerprint density at radius 1 is 1.21 bits per heavy atom. The molecule has 1 amide bonds. The minimum atomic E-state index is -0.621. The van der Waals surface area contributed by atoms with Crippen molar-refractivity contribution in [2.45, 2.75) is 18.4 Å². The quantitative estimate of drug-likeness (QED) is 0.475. The number of Topliss-reactive ketones (excluding diaryl/α,β-unsaturated/α-hetero) is 1. The first-order valence-corrected chi connectivity index (χ1v) is 9.32. The summed E-state index contributed by atoms with van der Waals surface area (Å²) in [7, 11) is 0. The van der Waals surface area contributed by atoms with Crippen LogP contribution < -0.4 is 10.2 Å². The maximum atomic E-state index is 12.7.